The molecule has 0 saturated carbocycles. The molecule has 3 N–H and O–H groups in total. The van der Waals surface area contributed by atoms with E-state index in [-0.39, 0.29) is 10.6 Å². The van der Waals surface area contributed by atoms with Crippen LogP contribution in [0.25, 0.3) is 6.08 Å². The summed E-state index contributed by atoms with van der Waals surface area (Å²) in [7, 11) is 5.88. The van der Waals surface area contributed by atoms with Gasteiger partial charge in [-0.3, -0.25) is 4.79 Å². The number of nitrogens with one attached hydrogen (secondary N) is 1. The fourth-order valence-corrected chi connectivity index (χ4v) is 4.37. The van der Waals surface area contributed by atoms with Crippen LogP contribution in [0.5, 0.6) is 23.0 Å². The molecule has 2 aromatic rings. The maximum Gasteiger partial charge on any atom is 0.388 e. The Morgan fingerprint density at radius 1 is 0.967 bits per heavy atom. The largest absolute Gasteiger partial charge is 0.496 e. The first-order valence-corrected chi connectivity index (χ1v) is 11.5. The fraction of sp³-hybridized carbons (Fsp3) is 0.211. The minimum Gasteiger partial charge on any atom is -0.496 e. The predicted octanol–water partition coefficient (Wildman–Crippen LogP) is 3.56. The van der Waals surface area contributed by atoms with Crippen molar-refractivity contribution in [1.29, 1.82) is 0 Å². The summed E-state index contributed by atoms with van der Waals surface area (Å²) in [5.74, 6) is 1.27. The third kappa shape index (κ3) is 6.43. The van der Waals surface area contributed by atoms with Crippen molar-refractivity contribution in [2.45, 2.75) is 4.90 Å². The summed E-state index contributed by atoms with van der Waals surface area (Å²) in [6, 6.07) is 7.81. The Morgan fingerprint density at radius 3 is 2.07 bits per heavy atom. The van der Waals surface area contributed by atoms with Crippen LogP contribution in [0.15, 0.2) is 41.3 Å². The number of carbonyl (C=O) groups is 1. The van der Waals surface area contributed by atoms with E-state index in [1.807, 2.05) is 0 Å². The van der Waals surface area contributed by atoms with Crippen molar-refractivity contribution >= 4 is 35.8 Å². The van der Waals surface area contributed by atoms with E-state index in [1.54, 1.807) is 18.2 Å². The van der Waals surface area contributed by atoms with Gasteiger partial charge in [0.05, 0.1) is 38.9 Å². The first-order chi connectivity index (χ1) is 14.2. The van der Waals surface area contributed by atoms with Gasteiger partial charge in [-0.2, -0.15) is 0 Å². The molecule has 2 aromatic carbocycles. The van der Waals surface area contributed by atoms with Gasteiger partial charge in [-0.25, -0.2) is 4.57 Å². The minimum atomic E-state index is -4.39. The van der Waals surface area contributed by atoms with E-state index in [0.717, 1.165) is 0 Å². The van der Waals surface area contributed by atoms with Crippen LogP contribution < -0.4 is 24.3 Å². The highest BCUT2D eigenvalue weighted by Gasteiger charge is 2.19. The standard InChI is InChI=1S/C19H22NO8PS/c1-25-13-10-16(27-3)14(17(11-13)28-4)6-8-19(21)20-12-5-7-15(26-2)18(9-12)30-29(22,23)24/h5-11H,1-4H3,(H,20,21)(H2,22,23,24). The third-order valence-electron chi connectivity index (χ3n) is 3.80. The van der Waals surface area contributed by atoms with Crippen molar-refractivity contribution in [2.75, 3.05) is 33.8 Å². The zero-order valence-corrected chi connectivity index (χ0v) is 18.5. The van der Waals surface area contributed by atoms with Crippen molar-refractivity contribution < 1.29 is 38.1 Å². The van der Waals surface area contributed by atoms with Crippen LogP contribution in [0.1, 0.15) is 5.56 Å². The molecule has 30 heavy (non-hydrogen) atoms. The molecule has 0 radical (unpaired) electrons. The fourth-order valence-electron chi connectivity index (χ4n) is 2.49. The summed E-state index contributed by atoms with van der Waals surface area (Å²) >= 11 is 0.344. The summed E-state index contributed by atoms with van der Waals surface area (Å²) in [6.07, 6.45) is 2.81. The average Bonchev–Trinajstić information content (AvgIpc) is 2.70. The molecule has 0 unspecified atom stereocenters. The van der Waals surface area contributed by atoms with Gasteiger partial charge in [0, 0.05) is 23.9 Å². The van der Waals surface area contributed by atoms with E-state index in [1.165, 1.54) is 52.7 Å². The van der Waals surface area contributed by atoms with Crippen molar-refractivity contribution in [3.05, 3.63) is 42.0 Å². The summed E-state index contributed by atoms with van der Waals surface area (Å²) in [5.41, 5.74) is 0.887. The molecule has 0 aliphatic rings. The number of hydrogen-bond acceptors (Lipinski definition) is 7. The van der Waals surface area contributed by atoms with E-state index in [9.17, 15) is 19.1 Å². The maximum absolute atomic E-state index is 12.4. The lowest BCUT2D eigenvalue weighted by molar-refractivity contribution is -0.111. The van der Waals surface area contributed by atoms with Gasteiger partial charge in [0.25, 0.3) is 0 Å². The molecule has 0 fully saturated rings. The Labute approximate surface area is 177 Å². The van der Waals surface area contributed by atoms with Gasteiger partial charge in [-0.1, -0.05) is 0 Å². The van der Waals surface area contributed by atoms with E-state index >= 15 is 0 Å². The number of carbonyl (C=O) groups excluding carboxylic acids is 1. The number of amides is 1. The lowest BCUT2D eigenvalue weighted by atomic mass is 10.1. The summed E-state index contributed by atoms with van der Waals surface area (Å²) in [6.45, 7) is -4.39. The number of rotatable bonds is 9. The van der Waals surface area contributed by atoms with Crippen molar-refractivity contribution in [2.24, 2.45) is 0 Å². The lowest BCUT2D eigenvalue weighted by Crippen LogP contribution is -2.08. The molecule has 0 aliphatic heterocycles. The quantitative estimate of drug-likeness (QED) is 0.385. The molecule has 1 amide bonds. The van der Waals surface area contributed by atoms with Gasteiger partial charge < -0.3 is 34.1 Å². The zero-order chi connectivity index (χ0) is 22.3. The first-order valence-electron chi connectivity index (χ1n) is 8.43. The molecule has 0 saturated heterocycles. The van der Waals surface area contributed by atoms with Crippen molar-refractivity contribution in [3.63, 3.8) is 0 Å². The molecule has 0 heterocycles. The van der Waals surface area contributed by atoms with Gasteiger partial charge in [-0.15, -0.1) is 0 Å². The lowest BCUT2D eigenvalue weighted by Gasteiger charge is -2.13. The van der Waals surface area contributed by atoms with Crippen LogP contribution in [0.4, 0.5) is 5.69 Å². The minimum absolute atomic E-state index is 0.200. The van der Waals surface area contributed by atoms with Crippen LogP contribution in [0.2, 0.25) is 0 Å². The van der Waals surface area contributed by atoms with Crippen LogP contribution in [0, 0.1) is 0 Å². The normalized spacial score (nSPS) is 11.3. The molecule has 0 aliphatic carbocycles. The van der Waals surface area contributed by atoms with Crippen molar-refractivity contribution in [1.82, 2.24) is 0 Å². The second-order valence-corrected chi connectivity index (χ2v) is 9.29. The molecular formula is C19H22NO8PS. The molecule has 0 aromatic heterocycles. The topological polar surface area (TPSA) is 124 Å². The summed E-state index contributed by atoms with van der Waals surface area (Å²) < 4.78 is 32.3. The van der Waals surface area contributed by atoms with Gasteiger partial charge in [0.15, 0.2) is 0 Å². The van der Waals surface area contributed by atoms with Gasteiger partial charge in [-0.05, 0) is 35.7 Å². The van der Waals surface area contributed by atoms with Crippen LogP contribution >= 0.6 is 18.2 Å². The Morgan fingerprint density at radius 2 is 1.57 bits per heavy atom. The molecule has 0 bridgehead atoms. The second kappa shape index (κ2) is 10.4. The third-order valence-corrected chi connectivity index (χ3v) is 5.86. The SMILES string of the molecule is COc1cc(OC)c(C=CC(=O)Nc2ccc(OC)c(SP(=O)(O)O)c2)c(OC)c1. The molecule has 0 spiro atoms. The molecule has 9 nitrogen and oxygen atoms in total. The number of hydrogen-bond donors (Lipinski definition) is 3. The van der Waals surface area contributed by atoms with E-state index in [2.05, 4.69) is 5.32 Å². The van der Waals surface area contributed by atoms with E-state index in [4.69, 9.17) is 18.9 Å². The maximum atomic E-state index is 12.4. The van der Waals surface area contributed by atoms with Crippen LogP contribution in [-0.2, 0) is 9.36 Å². The van der Waals surface area contributed by atoms with E-state index in [0.29, 0.717) is 39.9 Å². The number of anilines is 1. The Bertz CT molecular complexity index is 963. The average molecular weight is 455 g/mol. The molecule has 11 heteroatoms. The Kier molecular flexibility index (Phi) is 8.19. The molecule has 0 atom stereocenters. The monoisotopic (exact) mass is 455 g/mol. The summed E-state index contributed by atoms with van der Waals surface area (Å²) in [4.78, 5) is 31.0. The first kappa shape index (κ1) is 23.6. The van der Waals surface area contributed by atoms with Gasteiger partial charge in [0.1, 0.15) is 23.0 Å². The molecule has 162 valence electrons. The Balaban J connectivity index is 2.25. The highest BCUT2D eigenvalue weighted by molar-refractivity contribution is 8.54. The van der Waals surface area contributed by atoms with Gasteiger partial charge >= 0.3 is 6.80 Å². The Hall–Kier alpha value is -2.65. The van der Waals surface area contributed by atoms with E-state index < -0.39 is 12.7 Å². The van der Waals surface area contributed by atoms with Crippen LogP contribution in [-0.4, -0.2) is 44.1 Å². The summed E-state index contributed by atoms with van der Waals surface area (Å²) in [5, 5.41) is 2.63. The van der Waals surface area contributed by atoms with Gasteiger partial charge in [0.2, 0.25) is 5.91 Å². The van der Waals surface area contributed by atoms with Crippen LogP contribution in [0.3, 0.4) is 0 Å². The molecular weight excluding hydrogens is 433 g/mol. The highest BCUT2D eigenvalue weighted by atomic mass is 32.7. The smallest absolute Gasteiger partial charge is 0.388 e. The number of ether oxygens (including phenoxy) is 4. The number of methoxy groups -OCH3 is 4. The predicted molar refractivity (Wildman–Crippen MR) is 115 cm³/mol. The number of benzene rings is 2. The molecule has 2 rings (SSSR count). The highest BCUT2D eigenvalue weighted by Crippen LogP contribution is 2.57. The zero-order valence-electron chi connectivity index (χ0n) is 16.7. The van der Waals surface area contributed by atoms with Crippen molar-refractivity contribution in [3.8, 4) is 23.0 Å². The second-order valence-electron chi connectivity index (χ2n) is 5.72.